The molecule has 2 heterocycles. The van der Waals surface area contributed by atoms with E-state index in [-0.39, 0.29) is 11.9 Å². The third-order valence-electron chi connectivity index (χ3n) is 4.57. The monoisotopic (exact) mass is 292 g/mol. The quantitative estimate of drug-likeness (QED) is 0.931. The molecule has 4 nitrogen and oxygen atoms in total. The van der Waals surface area contributed by atoms with Crippen LogP contribution in [0.25, 0.3) is 0 Å². The average Bonchev–Trinajstić information content (AvgIpc) is 2.78. The molecule has 21 heavy (non-hydrogen) atoms. The molecule has 2 aliphatic rings. The van der Waals surface area contributed by atoms with Gasteiger partial charge < -0.3 is 10.1 Å². The van der Waals surface area contributed by atoms with E-state index in [0.29, 0.717) is 19.0 Å². The van der Waals surface area contributed by atoms with Crippen LogP contribution < -0.4 is 5.32 Å². The summed E-state index contributed by atoms with van der Waals surface area (Å²) in [6.45, 7) is 5.07. The standard InChI is InChI=1S/C16H21FN2O2/c1-16(13-6-8-18-9-7-13)11-19(15(20)21-16)10-12-2-4-14(17)5-3-12/h2-5,13,18H,6-11H2,1H3. The molecule has 114 valence electrons. The van der Waals surface area contributed by atoms with Crippen LogP contribution in [0.5, 0.6) is 0 Å². The van der Waals surface area contributed by atoms with Gasteiger partial charge in [-0.1, -0.05) is 12.1 Å². The molecule has 5 heteroatoms. The summed E-state index contributed by atoms with van der Waals surface area (Å²) in [6, 6.07) is 6.26. The Balaban J connectivity index is 1.67. The Hall–Kier alpha value is -1.62. The van der Waals surface area contributed by atoms with Crippen molar-refractivity contribution in [1.82, 2.24) is 10.2 Å². The van der Waals surface area contributed by atoms with Gasteiger partial charge >= 0.3 is 6.09 Å². The van der Waals surface area contributed by atoms with Gasteiger partial charge in [0.15, 0.2) is 0 Å². The Kier molecular flexibility index (Phi) is 3.85. The van der Waals surface area contributed by atoms with E-state index in [4.69, 9.17) is 4.74 Å². The number of amides is 1. The fourth-order valence-electron chi connectivity index (χ4n) is 3.32. The zero-order chi connectivity index (χ0) is 14.9. The van der Waals surface area contributed by atoms with Gasteiger partial charge in [0.25, 0.3) is 0 Å². The molecule has 2 aliphatic heterocycles. The van der Waals surface area contributed by atoms with E-state index in [0.717, 1.165) is 31.5 Å². The van der Waals surface area contributed by atoms with Crippen molar-refractivity contribution in [3.63, 3.8) is 0 Å². The first-order valence-corrected chi connectivity index (χ1v) is 7.50. The zero-order valence-corrected chi connectivity index (χ0v) is 12.3. The fourth-order valence-corrected chi connectivity index (χ4v) is 3.32. The molecule has 3 rings (SSSR count). The number of carbonyl (C=O) groups excluding carboxylic acids is 1. The summed E-state index contributed by atoms with van der Waals surface area (Å²) < 4.78 is 18.6. The van der Waals surface area contributed by atoms with Gasteiger partial charge in [0.05, 0.1) is 6.54 Å². The summed E-state index contributed by atoms with van der Waals surface area (Å²) in [5.74, 6) is 0.142. The minimum Gasteiger partial charge on any atom is -0.441 e. The van der Waals surface area contributed by atoms with Crippen LogP contribution in [0, 0.1) is 11.7 Å². The van der Waals surface area contributed by atoms with Gasteiger partial charge in [0.1, 0.15) is 11.4 Å². The Labute approximate surface area is 124 Å². The Morgan fingerprint density at radius 1 is 1.33 bits per heavy atom. The highest BCUT2D eigenvalue weighted by Gasteiger charge is 2.46. The molecule has 0 radical (unpaired) electrons. The molecule has 0 aliphatic carbocycles. The van der Waals surface area contributed by atoms with E-state index in [1.165, 1.54) is 12.1 Å². The number of ether oxygens (including phenoxy) is 1. The minimum atomic E-state index is -0.404. The molecular formula is C16H21FN2O2. The molecule has 0 bridgehead atoms. The first-order chi connectivity index (χ1) is 10.1. The molecule has 1 N–H and O–H groups in total. The molecule has 1 atom stereocenters. The zero-order valence-electron chi connectivity index (χ0n) is 12.3. The summed E-state index contributed by atoms with van der Waals surface area (Å²) in [4.78, 5) is 13.8. The van der Waals surface area contributed by atoms with Crippen LogP contribution in [-0.4, -0.2) is 36.2 Å². The lowest BCUT2D eigenvalue weighted by molar-refractivity contribution is 0.00943. The van der Waals surface area contributed by atoms with E-state index in [9.17, 15) is 9.18 Å². The smallest absolute Gasteiger partial charge is 0.410 e. The molecule has 2 fully saturated rings. The van der Waals surface area contributed by atoms with Gasteiger partial charge in [-0.15, -0.1) is 0 Å². The van der Waals surface area contributed by atoms with Gasteiger partial charge in [-0.05, 0) is 50.6 Å². The van der Waals surface area contributed by atoms with Crippen LogP contribution in [0.4, 0.5) is 9.18 Å². The highest BCUT2D eigenvalue weighted by atomic mass is 19.1. The molecule has 0 spiro atoms. The maximum absolute atomic E-state index is 12.9. The van der Waals surface area contributed by atoms with Crippen LogP contribution in [0.1, 0.15) is 25.3 Å². The number of halogens is 1. The SMILES string of the molecule is CC1(C2CCNCC2)CN(Cc2ccc(F)cc2)C(=O)O1. The van der Waals surface area contributed by atoms with Crippen molar-refractivity contribution in [2.24, 2.45) is 5.92 Å². The first kappa shape index (κ1) is 14.3. The predicted molar refractivity (Wildman–Crippen MR) is 77.3 cm³/mol. The third-order valence-corrected chi connectivity index (χ3v) is 4.57. The first-order valence-electron chi connectivity index (χ1n) is 7.50. The van der Waals surface area contributed by atoms with Gasteiger partial charge in [-0.3, -0.25) is 4.90 Å². The predicted octanol–water partition coefficient (Wildman–Crippen LogP) is 2.54. The van der Waals surface area contributed by atoms with Crippen molar-refractivity contribution in [2.45, 2.75) is 31.9 Å². The van der Waals surface area contributed by atoms with Crippen LogP contribution in [0.15, 0.2) is 24.3 Å². The number of hydrogen-bond donors (Lipinski definition) is 1. The van der Waals surface area contributed by atoms with Crippen molar-refractivity contribution in [3.05, 3.63) is 35.6 Å². The number of rotatable bonds is 3. The summed E-state index contributed by atoms with van der Waals surface area (Å²) >= 11 is 0. The van der Waals surface area contributed by atoms with Crippen molar-refractivity contribution < 1.29 is 13.9 Å². The highest BCUT2D eigenvalue weighted by molar-refractivity contribution is 5.70. The van der Waals surface area contributed by atoms with Gasteiger partial charge in [0, 0.05) is 12.5 Å². The van der Waals surface area contributed by atoms with Crippen molar-refractivity contribution in [3.8, 4) is 0 Å². The number of hydrogen-bond acceptors (Lipinski definition) is 3. The second-order valence-corrected chi connectivity index (χ2v) is 6.19. The normalized spacial score (nSPS) is 27.0. The second-order valence-electron chi connectivity index (χ2n) is 6.19. The lowest BCUT2D eigenvalue weighted by Crippen LogP contribution is -2.44. The maximum Gasteiger partial charge on any atom is 0.410 e. The van der Waals surface area contributed by atoms with Crippen LogP contribution in [0.2, 0.25) is 0 Å². The minimum absolute atomic E-state index is 0.262. The summed E-state index contributed by atoms with van der Waals surface area (Å²) in [5.41, 5.74) is 0.516. The third kappa shape index (κ3) is 3.02. The number of benzene rings is 1. The molecule has 0 saturated carbocycles. The van der Waals surface area contributed by atoms with Gasteiger partial charge in [-0.2, -0.15) is 0 Å². The summed E-state index contributed by atoms with van der Waals surface area (Å²) in [7, 11) is 0. The number of carbonyl (C=O) groups is 1. The van der Waals surface area contributed by atoms with Crippen molar-refractivity contribution >= 4 is 6.09 Å². The molecule has 0 aromatic heterocycles. The fraction of sp³-hybridized carbons (Fsp3) is 0.562. The number of nitrogens with zero attached hydrogens (tertiary/aromatic N) is 1. The van der Waals surface area contributed by atoms with Crippen LogP contribution >= 0.6 is 0 Å². The number of piperidine rings is 1. The van der Waals surface area contributed by atoms with E-state index >= 15 is 0 Å². The molecule has 2 saturated heterocycles. The molecule has 1 aromatic rings. The maximum atomic E-state index is 12.9. The Morgan fingerprint density at radius 2 is 2.00 bits per heavy atom. The Bertz CT molecular complexity index is 514. The van der Waals surface area contributed by atoms with Gasteiger partial charge in [0.2, 0.25) is 0 Å². The van der Waals surface area contributed by atoms with E-state index in [2.05, 4.69) is 5.32 Å². The Morgan fingerprint density at radius 3 is 2.67 bits per heavy atom. The van der Waals surface area contributed by atoms with E-state index in [1.54, 1.807) is 17.0 Å². The largest absolute Gasteiger partial charge is 0.441 e. The topological polar surface area (TPSA) is 41.6 Å². The summed E-state index contributed by atoms with van der Waals surface area (Å²) in [5, 5.41) is 3.33. The van der Waals surface area contributed by atoms with Crippen molar-refractivity contribution in [2.75, 3.05) is 19.6 Å². The lowest BCUT2D eigenvalue weighted by atomic mass is 9.82. The van der Waals surface area contributed by atoms with Gasteiger partial charge in [-0.25, -0.2) is 9.18 Å². The molecular weight excluding hydrogens is 271 g/mol. The average molecular weight is 292 g/mol. The second kappa shape index (κ2) is 5.64. The highest BCUT2D eigenvalue weighted by Crippen LogP contribution is 2.35. The van der Waals surface area contributed by atoms with E-state index in [1.807, 2.05) is 6.92 Å². The summed E-state index contributed by atoms with van der Waals surface area (Å²) in [6.07, 6.45) is 1.81. The van der Waals surface area contributed by atoms with Crippen LogP contribution in [0.3, 0.4) is 0 Å². The molecule has 1 amide bonds. The van der Waals surface area contributed by atoms with Crippen molar-refractivity contribution in [1.29, 1.82) is 0 Å². The molecule has 1 unspecified atom stereocenters. The van der Waals surface area contributed by atoms with E-state index < -0.39 is 5.60 Å². The lowest BCUT2D eigenvalue weighted by Gasteiger charge is -2.34. The number of nitrogens with one attached hydrogen (secondary N) is 1. The molecule has 1 aromatic carbocycles. The van der Waals surface area contributed by atoms with Crippen LogP contribution in [-0.2, 0) is 11.3 Å². The number of cyclic esters (lactones) is 1.